The van der Waals surface area contributed by atoms with E-state index >= 15 is 0 Å². The molecule has 2 fully saturated rings. The van der Waals surface area contributed by atoms with E-state index in [2.05, 4.69) is 26.3 Å². The topological polar surface area (TPSA) is 81.0 Å². The summed E-state index contributed by atoms with van der Waals surface area (Å²) in [6, 6.07) is 9.98. The fourth-order valence-electron chi connectivity index (χ4n) is 5.41. The zero-order chi connectivity index (χ0) is 21.7. The number of nitrogens with one attached hydrogen (secondary N) is 1. The van der Waals surface area contributed by atoms with Crippen molar-refractivity contribution in [2.24, 2.45) is 11.8 Å². The maximum absolute atomic E-state index is 6.16. The van der Waals surface area contributed by atoms with E-state index in [-0.39, 0.29) is 6.10 Å². The Labute approximate surface area is 192 Å². The van der Waals surface area contributed by atoms with Gasteiger partial charge in [-0.15, -0.1) is 5.10 Å². The molecule has 8 nitrogen and oxygen atoms in total. The Morgan fingerprint density at radius 2 is 1.94 bits per heavy atom. The van der Waals surface area contributed by atoms with Gasteiger partial charge < -0.3 is 15.0 Å². The molecule has 0 radical (unpaired) electrons. The van der Waals surface area contributed by atoms with Gasteiger partial charge in [0.2, 0.25) is 5.95 Å². The van der Waals surface area contributed by atoms with Crippen LogP contribution in [0.5, 0.6) is 5.75 Å². The van der Waals surface area contributed by atoms with Gasteiger partial charge in [0, 0.05) is 48.9 Å². The monoisotopic (exact) mass is 451 g/mol. The number of benzene rings is 1. The average Bonchev–Trinajstić information content (AvgIpc) is 3.40. The Hall–Kier alpha value is -2.87. The third-order valence-corrected chi connectivity index (χ3v) is 7.14. The van der Waals surface area contributed by atoms with E-state index in [1.165, 1.54) is 12.8 Å². The zero-order valence-electron chi connectivity index (χ0n) is 18.0. The van der Waals surface area contributed by atoms with E-state index in [1.807, 2.05) is 35.9 Å². The van der Waals surface area contributed by atoms with Crippen molar-refractivity contribution in [1.29, 1.82) is 0 Å². The van der Waals surface area contributed by atoms with Crippen molar-refractivity contribution in [3.05, 3.63) is 53.2 Å². The second-order valence-corrected chi connectivity index (χ2v) is 9.50. The Kier molecular flexibility index (Phi) is 4.90. The second kappa shape index (κ2) is 7.92. The first kappa shape index (κ1) is 19.8. The standard InChI is InChI=1S/C23H26ClN7O/c1-14-9-20(26-13-25-14)30-11-15-5-6-16(12-30)21(15)27-23-28-22-19(7-8-31(22)29-23)32-18-4-2-3-17(24)10-18/h2-4,9-10,13,15-16,19,21H,5-8,11-12H2,1H3,(H,27,29)/t15-,16+,19-,21?/m0/s1. The molecule has 1 N–H and O–H groups in total. The first-order valence-electron chi connectivity index (χ1n) is 11.3. The molecule has 0 amide bonds. The summed E-state index contributed by atoms with van der Waals surface area (Å²) in [6.07, 6.45) is 4.86. The molecule has 0 spiro atoms. The van der Waals surface area contributed by atoms with Crippen molar-refractivity contribution in [1.82, 2.24) is 24.7 Å². The van der Waals surface area contributed by atoms with Gasteiger partial charge in [-0.3, -0.25) is 0 Å². The van der Waals surface area contributed by atoms with Crippen LogP contribution in [0.1, 0.15) is 36.9 Å². The van der Waals surface area contributed by atoms with Gasteiger partial charge in [-0.2, -0.15) is 4.98 Å². The smallest absolute Gasteiger partial charge is 0.242 e. The molecule has 3 aromatic rings. The normalized spacial score (nSPS) is 26.2. The predicted molar refractivity (Wildman–Crippen MR) is 122 cm³/mol. The number of piperidine rings is 1. The molecule has 1 saturated heterocycles. The highest BCUT2D eigenvalue weighted by Crippen LogP contribution is 2.40. The number of fused-ring (bicyclic) bond motifs is 3. The minimum atomic E-state index is -0.101. The number of hydrogen-bond acceptors (Lipinski definition) is 7. The van der Waals surface area contributed by atoms with E-state index in [9.17, 15) is 0 Å². The number of ether oxygens (including phenoxy) is 1. The SMILES string of the molecule is Cc1cc(N2C[C@H]3CC[C@@H](C2)C3Nc2nc3n(n2)CC[C@@H]3Oc2cccc(Cl)c2)ncn1. The molecule has 9 heteroatoms. The van der Waals surface area contributed by atoms with E-state index < -0.39 is 0 Å². The third-order valence-electron chi connectivity index (χ3n) is 6.91. The zero-order valence-corrected chi connectivity index (χ0v) is 18.7. The van der Waals surface area contributed by atoms with Crippen LogP contribution >= 0.6 is 11.6 Å². The van der Waals surface area contributed by atoms with Crippen molar-refractivity contribution in [3.63, 3.8) is 0 Å². The summed E-state index contributed by atoms with van der Waals surface area (Å²) in [6.45, 7) is 4.83. The van der Waals surface area contributed by atoms with Gasteiger partial charge in [-0.25, -0.2) is 14.6 Å². The minimum absolute atomic E-state index is 0.101. The van der Waals surface area contributed by atoms with Crippen LogP contribution in [0.3, 0.4) is 0 Å². The number of rotatable bonds is 5. The van der Waals surface area contributed by atoms with E-state index in [4.69, 9.17) is 26.4 Å². The molecule has 1 aliphatic carbocycles. The summed E-state index contributed by atoms with van der Waals surface area (Å²) in [5.74, 6) is 4.51. The Bertz CT molecular complexity index is 1120. The van der Waals surface area contributed by atoms with Crippen LogP contribution in [-0.2, 0) is 6.54 Å². The second-order valence-electron chi connectivity index (χ2n) is 9.06. The molecule has 6 rings (SSSR count). The summed E-state index contributed by atoms with van der Waals surface area (Å²) in [7, 11) is 0. The number of hydrogen-bond donors (Lipinski definition) is 1. The fraction of sp³-hybridized carbons (Fsp3) is 0.478. The highest BCUT2D eigenvalue weighted by Gasteiger charge is 2.43. The van der Waals surface area contributed by atoms with Crippen LogP contribution < -0.4 is 15.0 Å². The predicted octanol–water partition coefficient (Wildman–Crippen LogP) is 3.88. The first-order chi connectivity index (χ1) is 15.6. The summed E-state index contributed by atoms with van der Waals surface area (Å²) >= 11 is 6.10. The van der Waals surface area contributed by atoms with Crippen LogP contribution in [-0.4, -0.2) is 43.9 Å². The molecule has 4 heterocycles. The number of aryl methyl sites for hydroxylation is 2. The molecule has 1 aromatic carbocycles. The Balaban J connectivity index is 1.14. The van der Waals surface area contributed by atoms with Crippen LogP contribution in [0, 0.1) is 18.8 Å². The highest BCUT2D eigenvalue weighted by atomic mass is 35.5. The molecular weight excluding hydrogens is 426 g/mol. The molecule has 1 saturated carbocycles. The van der Waals surface area contributed by atoms with Gasteiger partial charge in [0.05, 0.1) is 0 Å². The third kappa shape index (κ3) is 3.66. The van der Waals surface area contributed by atoms with E-state index in [1.54, 1.807) is 6.33 Å². The summed E-state index contributed by atoms with van der Waals surface area (Å²) < 4.78 is 8.13. The summed E-state index contributed by atoms with van der Waals surface area (Å²) in [5, 5.41) is 9.07. The van der Waals surface area contributed by atoms with Crippen molar-refractivity contribution in [3.8, 4) is 5.75 Å². The van der Waals surface area contributed by atoms with Crippen molar-refractivity contribution in [2.75, 3.05) is 23.3 Å². The lowest BCUT2D eigenvalue weighted by Crippen LogP contribution is -2.48. The maximum atomic E-state index is 6.16. The molecule has 3 aliphatic rings. The molecule has 4 atom stereocenters. The van der Waals surface area contributed by atoms with Gasteiger partial charge in [0.1, 0.15) is 17.9 Å². The van der Waals surface area contributed by atoms with Crippen LogP contribution in [0.25, 0.3) is 0 Å². The van der Waals surface area contributed by atoms with Gasteiger partial charge in [-0.05, 0) is 49.8 Å². The molecular formula is C23H26ClN7O. The van der Waals surface area contributed by atoms with Crippen molar-refractivity contribution >= 4 is 23.4 Å². The van der Waals surface area contributed by atoms with Gasteiger partial charge in [0.25, 0.3) is 0 Å². The molecule has 32 heavy (non-hydrogen) atoms. The van der Waals surface area contributed by atoms with Crippen LogP contribution in [0.2, 0.25) is 5.02 Å². The van der Waals surface area contributed by atoms with Crippen molar-refractivity contribution < 1.29 is 4.74 Å². The number of halogens is 1. The number of anilines is 2. The largest absolute Gasteiger partial charge is 0.482 e. The fourth-order valence-corrected chi connectivity index (χ4v) is 5.59. The van der Waals surface area contributed by atoms with Crippen LogP contribution in [0.4, 0.5) is 11.8 Å². The quantitative estimate of drug-likeness (QED) is 0.630. The lowest BCUT2D eigenvalue weighted by atomic mass is 9.92. The van der Waals surface area contributed by atoms with Crippen molar-refractivity contribution in [2.45, 2.75) is 44.9 Å². The molecule has 1 unspecified atom stereocenters. The number of nitrogens with zero attached hydrogens (tertiary/aromatic N) is 6. The molecule has 2 aliphatic heterocycles. The summed E-state index contributed by atoms with van der Waals surface area (Å²) in [4.78, 5) is 16.0. The average molecular weight is 452 g/mol. The first-order valence-corrected chi connectivity index (χ1v) is 11.7. The Morgan fingerprint density at radius 1 is 1.09 bits per heavy atom. The number of aromatic nitrogens is 5. The molecule has 166 valence electrons. The van der Waals surface area contributed by atoms with Gasteiger partial charge in [-0.1, -0.05) is 17.7 Å². The van der Waals surface area contributed by atoms with Gasteiger partial charge >= 0.3 is 0 Å². The minimum Gasteiger partial charge on any atom is -0.482 e. The summed E-state index contributed by atoms with van der Waals surface area (Å²) in [5.41, 5.74) is 1.01. The lowest BCUT2D eigenvalue weighted by molar-refractivity contribution is 0.203. The molecule has 2 aromatic heterocycles. The van der Waals surface area contributed by atoms with E-state index in [0.29, 0.717) is 28.8 Å². The van der Waals surface area contributed by atoms with E-state index in [0.717, 1.165) is 49.1 Å². The van der Waals surface area contributed by atoms with Gasteiger partial charge in [0.15, 0.2) is 11.9 Å². The van der Waals surface area contributed by atoms with Crippen LogP contribution in [0.15, 0.2) is 36.7 Å². The molecule has 2 bridgehead atoms. The highest BCUT2D eigenvalue weighted by molar-refractivity contribution is 6.30. The Morgan fingerprint density at radius 3 is 2.72 bits per heavy atom. The lowest BCUT2D eigenvalue weighted by Gasteiger charge is -2.38. The maximum Gasteiger partial charge on any atom is 0.242 e.